The van der Waals surface area contributed by atoms with Crippen LogP contribution in [-0.4, -0.2) is 35.0 Å². The van der Waals surface area contributed by atoms with E-state index in [9.17, 15) is 9.59 Å². The molecule has 1 rings (SSSR count). The fraction of sp³-hybridized carbons (Fsp3) is 0.800. The van der Waals surface area contributed by atoms with Crippen LogP contribution in [0, 0.1) is 11.8 Å². The van der Waals surface area contributed by atoms with Gasteiger partial charge in [-0.05, 0) is 18.8 Å². The molecule has 1 amide bonds. The van der Waals surface area contributed by atoms with Crippen LogP contribution in [0.5, 0.6) is 0 Å². The largest absolute Gasteiger partial charge is 0.481 e. The van der Waals surface area contributed by atoms with Crippen LogP contribution in [0.25, 0.3) is 0 Å². The molecule has 80 valence electrons. The van der Waals surface area contributed by atoms with Crippen LogP contribution in [0.1, 0.15) is 26.7 Å². The zero-order chi connectivity index (χ0) is 10.7. The zero-order valence-corrected chi connectivity index (χ0v) is 8.69. The molecule has 0 aromatic heterocycles. The number of rotatable bonds is 2. The number of carboxylic acids is 1. The van der Waals surface area contributed by atoms with Gasteiger partial charge in [0.2, 0.25) is 5.91 Å². The number of hydrogen-bond donors (Lipinski definition) is 1. The number of likely N-dealkylation sites (tertiary alicyclic amines) is 1. The molecule has 4 nitrogen and oxygen atoms in total. The number of amides is 1. The minimum absolute atomic E-state index is 0.0893. The Kier molecular flexibility index (Phi) is 3.49. The molecular formula is C10H17NO3. The third-order valence-corrected chi connectivity index (χ3v) is 3.08. The number of piperidine rings is 1. The van der Waals surface area contributed by atoms with Crippen LogP contribution < -0.4 is 0 Å². The Morgan fingerprint density at radius 1 is 1.36 bits per heavy atom. The van der Waals surface area contributed by atoms with Gasteiger partial charge in [0, 0.05) is 20.0 Å². The van der Waals surface area contributed by atoms with Crippen molar-refractivity contribution in [2.75, 3.05) is 13.1 Å². The third-order valence-electron chi connectivity index (χ3n) is 3.08. The lowest BCUT2D eigenvalue weighted by atomic mass is 9.85. The van der Waals surface area contributed by atoms with Gasteiger partial charge in [-0.25, -0.2) is 0 Å². The van der Waals surface area contributed by atoms with Crippen molar-refractivity contribution >= 4 is 11.9 Å². The second kappa shape index (κ2) is 4.44. The number of carboxylic acid groups (broad SMARTS) is 1. The van der Waals surface area contributed by atoms with E-state index in [0.29, 0.717) is 13.1 Å². The molecule has 1 aliphatic rings. The van der Waals surface area contributed by atoms with E-state index in [-0.39, 0.29) is 17.7 Å². The van der Waals surface area contributed by atoms with Gasteiger partial charge in [0.15, 0.2) is 0 Å². The first kappa shape index (κ1) is 11.0. The summed E-state index contributed by atoms with van der Waals surface area (Å²) in [6.45, 7) is 4.71. The van der Waals surface area contributed by atoms with Crippen LogP contribution >= 0.6 is 0 Å². The molecule has 1 heterocycles. The summed E-state index contributed by atoms with van der Waals surface area (Å²) in [5.41, 5.74) is 0. The van der Waals surface area contributed by atoms with Crippen molar-refractivity contribution < 1.29 is 14.7 Å². The van der Waals surface area contributed by atoms with Gasteiger partial charge in [0.05, 0.1) is 5.92 Å². The minimum Gasteiger partial charge on any atom is -0.481 e. The lowest BCUT2D eigenvalue weighted by molar-refractivity contribution is -0.143. The topological polar surface area (TPSA) is 57.6 Å². The fourth-order valence-corrected chi connectivity index (χ4v) is 1.92. The van der Waals surface area contributed by atoms with Crippen molar-refractivity contribution in [3.8, 4) is 0 Å². The third kappa shape index (κ3) is 2.47. The molecule has 0 bridgehead atoms. The van der Waals surface area contributed by atoms with Crippen molar-refractivity contribution in [2.45, 2.75) is 26.7 Å². The summed E-state index contributed by atoms with van der Waals surface area (Å²) in [6.07, 6.45) is 1.63. The SMILES string of the molecule is CC(=O)N1CCC(C(C)C(=O)O)CC1. The number of nitrogens with zero attached hydrogens (tertiary/aromatic N) is 1. The highest BCUT2D eigenvalue weighted by Gasteiger charge is 2.28. The maximum atomic E-state index is 11.0. The number of carbonyl (C=O) groups excluding carboxylic acids is 1. The van der Waals surface area contributed by atoms with E-state index < -0.39 is 5.97 Å². The first-order chi connectivity index (χ1) is 6.52. The molecular weight excluding hydrogens is 182 g/mol. The summed E-state index contributed by atoms with van der Waals surface area (Å²) >= 11 is 0. The summed E-state index contributed by atoms with van der Waals surface area (Å²) in [5, 5.41) is 8.83. The normalized spacial score (nSPS) is 20.6. The highest BCUT2D eigenvalue weighted by molar-refractivity contribution is 5.73. The lowest BCUT2D eigenvalue weighted by Gasteiger charge is -2.32. The summed E-state index contributed by atoms with van der Waals surface area (Å²) in [7, 11) is 0. The molecule has 1 N–H and O–H groups in total. The quantitative estimate of drug-likeness (QED) is 0.720. The van der Waals surface area contributed by atoms with Crippen LogP contribution in [0.2, 0.25) is 0 Å². The molecule has 1 aliphatic heterocycles. The molecule has 1 unspecified atom stereocenters. The van der Waals surface area contributed by atoms with Gasteiger partial charge in [-0.3, -0.25) is 9.59 Å². The van der Waals surface area contributed by atoms with Crippen molar-refractivity contribution in [2.24, 2.45) is 11.8 Å². The van der Waals surface area contributed by atoms with Gasteiger partial charge < -0.3 is 10.0 Å². The molecule has 0 spiro atoms. The van der Waals surface area contributed by atoms with E-state index in [1.165, 1.54) is 0 Å². The molecule has 0 aromatic carbocycles. The van der Waals surface area contributed by atoms with Crippen molar-refractivity contribution in [1.29, 1.82) is 0 Å². The zero-order valence-electron chi connectivity index (χ0n) is 8.69. The van der Waals surface area contributed by atoms with Crippen molar-refractivity contribution in [1.82, 2.24) is 4.90 Å². The van der Waals surface area contributed by atoms with Crippen LogP contribution in [0.4, 0.5) is 0 Å². The molecule has 1 atom stereocenters. The molecule has 4 heteroatoms. The Labute approximate surface area is 83.9 Å². The first-order valence-electron chi connectivity index (χ1n) is 5.00. The van der Waals surface area contributed by atoms with E-state index in [1.54, 1.807) is 18.7 Å². The Morgan fingerprint density at radius 3 is 2.21 bits per heavy atom. The van der Waals surface area contributed by atoms with Gasteiger partial charge in [0.1, 0.15) is 0 Å². The van der Waals surface area contributed by atoms with Gasteiger partial charge >= 0.3 is 5.97 Å². The predicted molar refractivity (Wildman–Crippen MR) is 51.8 cm³/mol. The van der Waals surface area contributed by atoms with Gasteiger partial charge in [0.25, 0.3) is 0 Å². The van der Waals surface area contributed by atoms with Gasteiger partial charge in [-0.2, -0.15) is 0 Å². The average Bonchev–Trinajstić information content (AvgIpc) is 2.16. The number of hydrogen-bond acceptors (Lipinski definition) is 2. The molecule has 14 heavy (non-hydrogen) atoms. The molecule has 0 aliphatic carbocycles. The molecule has 1 fully saturated rings. The maximum Gasteiger partial charge on any atom is 0.306 e. The predicted octanol–water partition coefficient (Wildman–Crippen LogP) is 0.966. The summed E-state index contributed by atoms with van der Waals surface area (Å²) in [5.74, 6) is -0.704. The van der Waals surface area contributed by atoms with E-state index >= 15 is 0 Å². The maximum absolute atomic E-state index is 11.0. The van der Waals surface area contributed by atoms with Crippen LogP contribution in [0.15, 0.2) is 0 Å². The van der Waals surface area contributed by atoms with E-state index in [1.807, 2.05) is 0 Å². The lowest BCUT2D eigenvalue weighted by Crippen LogP contribution is -2.39. The van der Waals surface area contributed by atoms with E-state index in [4.69, 9.17) is 5.11 Å². The highest BCUT2D eigenvalue weighted by atomic mass is 16.4. The fourth-order valence-electron chi connectivity index (χ4n) is 1.92. The second-order valence-corrected chi connectivity index (χ2v) is 3.97. The van der Waals surface area contributed by atoms with Crippen LogP contribution in [0.3, 0.4) is 0 Å². The Morgan fingerprint density at radius 2 is 1.86 bits per heavy atom. The van der Waals surface area contributed by atoms with Crippen LogP contribution in [-0.2, 0) is 9.59 Å². The molecule has 1 saturated heterocycles. The minimum atomic E-state index is -0.730. The summed E-state index contributed by atoms with van der Waals surface area (Å²) in [6, 6.07) is 0. The van der Waals surface area contributed by atoms with E-state index in [2.05, 4.69) is 0 Å². The average molecular weight is 199 g/mol. The second-order valence-electron chi connectivity index (χ2n) is 3.97. The standard InChI is InChI=1S/C10H17NO3/c1-7(10(13)14)9-3-5-11(6-4-9)8(2)12/h7,9H,3-6H2,1-2H3,(H,13,14). The smallest absolute Gasteiger partial charge is 0.306 e. The Bertz CT molecular complexity index is 232. The summed E-state index contributed by atoms with van der Waals surface area (Å²) < 4.78 is 0. The van der Waals surface area contributed by atoms with Crippen molar-refractivity contribution in [3.63, 3.8) is 0 Å². The number of aliphatic carboxylic acids is 1. The summed E-state index contributed by atoms with van der Waals surface area (Å²) in [4.78, 5) is 23.5. The Balaban J connectivity index is 2.43. The molecule has 0 radical (unpaired) electrons. The molecule has 0 saturated carbocycles. The van der Waals surface area contributed by atoms with E-state index in [0.717, 1.165) is 12.8 Å². The Hall–Kier alpha value is -1.06. The van der Waals surface area contributed by atoms with Gasteiger partial charge in [-0.15, -0.1) is 0 Å². The highest BCUT2D eigenvalue weighted by Crippen LogP contribution is 2.24. The number of carbonyl (C=O) groups is 2. The monoisotopic (exact) mass is 199 g/mol. The van der Waals surface area contributed by atoms with Gasteiger partial charge in [-0.1, -0.05) is 6.92 Å². The first-order valence-corrected chi connectivity index (χ1v) is 5.00. The molecule has 0 aromatic rings. The van der Waals surface area contributed by atoms with Crippen molar-refractivity contribution in [3.05, 3.63) is 0 Å².